The molecule has 8 nitrogen and oxygen atoms in total. The number of rotatable bonds is 4. The van der Waals surface area contributed by atoms with E-state index >= 15 is 0 Å². The summed E-state index contributed by atoms with van der Waals surface area (Å²) in [5.41, 5.74) is 13.0. The first-order chi connectivity index (χ1) is 9.40. The predicted octanol–water partition coefficient (Wildman–Crippen LogP) is 0.472. The van der Waals surface area contributed by atoms with E-state index in [1.807, 2.05) is 0 Å². The zero-order valence-corrected chi connectivity index (χ0v) is 10.6. The highest BCUT2D eigenvalue weighted by Gasteiger charge is 2.06. The first-order valence-corrected chi connectivity index (χ1v) is 5.41. The second kappa shape index (κ2) is 6.88. The van der Waals surface area contributed by atoms with Crippen molar-refractivity contribution in [1.82, 2.24) is 5.73 Å². The maximum absolute atomic E-state index is 11.2. The van der Waals surface area contributed by atoms with Crippen molar-refractivity contribution in [1.29, 1.82) is 0 Å². The monoisotopic (exact) mass is 278 g/mol. The highest BCUT2D eigenvalue weighted by molar-refractivity contribution is 6.03. The van der Waals surface area contributed by atoms with E-state index in [0.717, 1.165) is 0 Å². The number of hydrogen-bond donors (Lipinski definition) is 1. The molecule has 0 heterocycles. The van der Waals surface area contributed by atoms with Gasteiger partial charge < -0.3 is 15.2 Å². The summed E-state index contributed by atoms with van der Waals surface area (Å²) in [5.74, 6) is -1.54. The lowest BCUT2D eigenvalue weighted by atomic mass is 10.1. The van der Waals surface area contributed by atoms with Crippen LogP contribution >= 0.6 is 0 Å². The summed E-state index contributed by atoms with van der Waals surface area (Å²) in [6.45, 7) is 0.623. The topological polar surface area (TPSA) is 132 Å². The molecule has 8 heteroatoms. The van der Waals surface area contributed by atoms with Gasteiger partial charge in [0.1, 0.15) is 5.84 Å². The number of carbonyl (C=O) groups is 3. The van der Waals surface area contributed by atoms with Crippen molar-refractivity contribution in [3.05, 3.63) is 35.4 Å². The first-order valence-electron chi connectivity index (χ1n) is 5.41. The van der Waals surface area contributed by atoms with Crippen LogP contribution in [0.4, 0.5) is 4.79 Å². The minimum Gasteiger partial charge on any atom is -0.428 e. The molecule has 0 aliphatic carbocycles. The summed E-state index contributed by atoms with van der Waals surface area (Å²) in [6.07, 6.45) is -1.01. The molecule has 3 N–H and O–H groups in total. The van der Waals surface area contributed by atoms with E-state index in [-0.39, 0.29) is 11.4 Å². The van der Waals surface area contributed by atoms with Gasteiger partial charge in [-0.15, -0.1) is 0 Å². The van der Waals surface area contributed by atoms with Crippen LogP contribution in [-0.2, 0) is 14.3 Å². The van der Waals surface area contributed by atoms with Gasteiger partial charge in [-0.3, -0.25) is 15.3 Å². The molecule has 0 atom stereocenters. The third-order valence-electron chi connectivity index (χ3n) is 2.10. The Balaban J connectivity index is 2.65. The van der Waals surface area contributed by atoms with E-state index in [1.54, 1.807) is 0 Å². The minimum atomic E-state index is -1.01. The lowest BCUT2D eigenvalue weighted by molar-refractivity contribution is -0.148. The molecule has 0 saturated heterocycles. The average molecular weight is 278 g/mol. The molecule has 2 amide bonds. The van der Waals surface area contributed by atoms with Crippen LogP contribution in [0.5, 0.6) is 0 Å². The Morgan fingerprint density at radius 1 is 1.15 bits per heavy atom. The number of aliphatic imine (C=N–C) groups is 1. The number of esters is 1. The van der Waals surface area contributed by atoms with Crippen molar-refractivity contribution in [2.45, 2.75) is 6.92 Å². The Kier molecular flexibility index (Phi) is 5.21. The van der Waals surface area contributed by atoms with E-state index in [1.165, 1.54) is 31.2 Å². The van der Waals surface area contributed by atoms with Crippen LogP contribution in [0.2, 0.25) is 0 Å². The van der Waals surface area contributed by atoms with E-state index < -0.39 is 24.8 Å². The molecule has 0 aliphatic rings. The maximum Gasteiger partial charge on any atom is 0.438 e. The Morgan fingerprint density at radius 3 is 2.20 bits per heavy atom. The summed E-state index contributed by atoms with van der Waals surface area (Å²) >= 11 is 0. The van der Waals surface area contributed by atoms with Crippen LogP contribution in [0.15, 0.2) is 29.3 Å². The number of carbonyl (C=O) groups excluding carboxylic acids is 3. The molecule has 0 fully saturated rings. The van der Waals surface area contributed by atoms with E-state index in [2.05, 4.69) is 14.5 Å². The quantitative estimate of drug-likeness (QED) is 0.368. The highest BCUT2D eigenvalue weighted by atomic mass is 16.7. The van der Waals surface area contributed by atoms with E-state index in [4.69, 9.17) is 11.5 Å². The third-order valence-corrected chi connectivity index (χ3v) is 2.10. The standard InChI is InChI=1S/C12H12N3O5/c1-7(16)19-6-20-12(18)15-10(13)8-2-4-9(5-3-8)11(14)17/h2-5,14H,6H2,1H3,(H2,13,15,18). The Bertz CT molecular complexity index is 551. The van der Waals surface area contributed by atoms with Crippen molar-refractivity contribution < 1.29 is 23.9 Å². The molecule has 1 aromatic carbocycles. The van der Waals surface area contributed by atoms with Gasteiger partial charge in [0.25, 0.3) is 5.91 Å². The molecule has 20 heavy (non-hydrogen) atoms. The fraction of sp³-hybridized carbons (Fsp3) is 0.167. The van der Waals surface area contributed by atoms with Crippen LogP contribution < -0.4 is 11.5 Å². The number of nitrogens with one attached hydrogen (secondary N) is 1. The molecule has 0 spiro atoms. The van der Waals surface area contributed by atoms with Crippen molar-refractivity contribution in [3.8, 4) is 0 Å². The predicted molar refractivity (Wildman–Crippen MR) is 67.7 cm³/mol. The Labute approximate surface area is 114 Å². The van der Waals surface area contributed by atoms with Gasteiger partial charge in [0.2, 0.25) is 6.79 Å². The fourth-order valence-corrected chi connectivity index (χ4v) is 1.15. The zero-order chi connectivity index (χ0) is 15.1. The highest BCUT2D eigenvalue weighted by Crippen LogP contribution is 2.04. The van der Waals surface area contributed by atoms with E-state index in [9.17, 15) is 14.4 Å². The molecule has 0 saturated carbocycles. The van der Waals surface area contributed by atoms with Crippen molar-refractivity contribution in [2.24, 2.45) is 10.7 Å². The summed E-state index contributed by atoms with van der Waals surface area (Å²) in [5, 5.41) is 0. The number of ether oxygens (including phenoxy) is 2. The summed E-state index contributed by atoms with van der Waals surface area (Å²) in [6, 6.07) is 5.66. The van der Waals surface area contributed by atoms with Gasteiger partial charge in [-0.1, -0.05) is 12.1 Å². The summed E-state index contributed by atoms with van der Waals surface area (Å²) in [4.78, 5) is 35.9. The third kappa shape index (κ3) is 4.77. The SMILES string of the molecule is CC(=O)OCOC(=O)/N=C(\N)c1ccc(C([NH])=O)cc1. The normalized spacial score (nSPS) is 10.8. The van der Waals surface area contributed by atoms with Gasteiger partial charge in [-0.25, -0.2) is 4.79 Å². The second-order valence-electron chi connectivity index (χ2n) is 3.57. The van der Waals surface area contributed by atoms with Crippen LogP contribution in [0.1, 0.15) is 22.8 Å². The largest absolute Gasteiger partial charge is 0.438 e. The van der Waals surface area contributed by atoms with Gasteiger partial charge in [-0.05, 0) is 12.1 Å². The lowest BCUT2D eigenvalue weighted by Crippen LogP contribution is -2.17. The molecule has 0 aliphatic heterocycles. The van der Waals surface area contributed by atoms with Gasteiger partial charge >= 0.3 is 12.1 Å². The second-order valence-corrected chi connectivity index (χ2v) is 3.57. The zero-order valence-electron chi connectivity index (χ0n) is 10.6. The maximum atomic E-state index is 11.2. The molecular weight excluding hydrogens is 266 g/mol. The van der Waals surface area contributed by atoms with Crippen molar-refractivity contribution in [3.63, 3.8) is 0 Å². The Morgan fingerprint density at radius 2 is 1.70 bits per heavy atom. The number of nitrogens with zero attached hydrogens (tertiary/aromatic N) is 1. The molecule has 0 bridgehead atoms. The lowest BCUT2D eigenvalue weighted by Gasteiger charge is -2.03. The minimum absolute atomic E-state index is 0.123. The molecule has 0 aromatic heterocycles. The van der Waals surface area contributed by atoms with Crippen molar-refractivity contribution >= 4 is 23.8 Å². The van der Waals surface area contributed by atoms with Crippen molar-refractivity contribution in [2.75, 3.05) is 6.79 Å². The number of benzene rings is 1. The van der Waals surface area contributed by atoms with Gasteiger partial charge in [-0.2, -0.15) is 4.99 Å². The van der Waals surface area contributed by atoms with Gasteiger partial charge in [0.05, 0.1) is 0 Å². The van der Waals surface area contributed by atoms with Crippen LogP contribution in [-0.4, -0.2) is 30.6 Å². The molecule has 105 valence electrons. The van der Waals surface area contributed by atoms with Gasteiger partial charge in [0.15, 0.2) is 0 Å². The number of hydrogen-bond acceptors (Lipinski definition) is 5. The smallest absolute Gasteiger partial charge is 0.428 e. The first kappa shape index (κ1) is 15.2. The molecule has 1 radical (unpaired) electrons. The fourth-order valence-electron chi connectivity index (χ4n) is 1.15. The average Bonchev–Trinajstić information content (AvgIpc) is 2.38. The Hall–Kier alpha value is -2.90. The molecular formula is C12H12N3O5. The summed E-state index contributed by atoms with van der Waals surface area (Å²) in [7, 11) is 0. The van der Waals surface area contributed by atoms with Gasteiger partial charge in [0, 0.05) is 18.1 Å². The molecule has 1 aromatic rings. The summed E-state index contributed by atoms with van der Waals surface area (Å²) < 4.78 is 8.86. The number of amidine groups is 1. The van der Waals surface area contributed by atoms with E-state index in [0.29, 0.717) is 5.56 Å². The molecule has 0 unspecified atom stereocenters. The number of amides is 2. The van der Waals surface area contributed by atoms with Crippen LogP contribution in [0, 0.1) is 0 Å². The molecule has 1 rings (SSSR count). The van der Waals surface area contributed by atoms with Crippen LogP contribution in [0.25, 0.3) is 0 Å². The van der Waals surface area contributed by atoms with Crippen LogP contribution in [0.3, 0.4) is 0 Å². The number of nitrogens with two attached hydrogens (primary N) is 1.